The van der Waals surface area contributed by atoms with E-state index in [-0.39, 0.29) is 12.0 Å². The van der Waals surface area contributed by atoms with Crippen LogP contribution in [0.15, 0.2) is 164 Å². The number of aromatic nitrogens is 1. The molecule has 6 aromatic carbocycles. The summed E-state index contributed by atoms with van der Waals surface area (Å²) in [6.45, 7) is 0. The molecule has 0 saturated heterocycles. The van der Waals surface area contributed by atoms with Crippen LogP contribution in [-0.2, 0) is 0 Å². The van der Waals surface area contributed by atoms with Crippen molar-refractivity contribution in [2.75, 3.05) is 4.90 Å². The molecule has 208 valence electrons. The molecule has 0 bridgehead atoms. The Hall–Kier alpha value is -5.60. The molecular formula is C42H30N2. The molecule has 44 heavy (non-hydrogen) atoms. The van der Waals surface area contributed by atoms with Gasteiger partial charge in [0.1, 0.15) is 0 Å². The zero-order chi connectivity index (χ0) is 29.0. The lowest BCUT2D eigenvalue weighted by Crippen LogP contribution is -2.30. The minimum absolute atomic E-state index is 0.192. The second kappa shape index (κ2) is 10.00. The molecular weight excluding hydrogens is 532 g/mol. The van der Waals surface area contributed by atoms with Crippen LogP contribution in [0, 0.1) is 0 Å². The van der Waals surface area contributed by atoms with Crippen molar-refractivity contribution in [1.29, 1.82) is 0 Å². The summed E-state index contributed by atoms with van der Waals surface area (Å²) in [5.74, 6) is 0.236. The van der Waals surface area contributed by atoms with Crippen LogP contribution in [0.1, 0.15) is 22.7 Å². The van der Waals surface area contributed by atoms with E-state index in [2.05, 4.69) is 179 Å². The molecule has 0 amide bonds. The van der Waals surface area contributed by atoms with Gasteiger partial charge < -0.3 is 9.47 Å². The third kappa shape index (κ3) is 3.74. The first-order valence-corrected chi connectivity index (χ1v) is 15.4. The highest BCUT2D eigenvalue weighted by atomic mass is 15.2. The Balaban J connectivity index is 1.17. The van der Waals surface area contributed by atoms with Crippen molar-refractivity contribution >= 4 is 28.4 Å². The molecule has 0 N–H and O–H groups in total. The number of rotatable bonds is 4. The quantitative estimate of drug-likeness (QED) is 0.207. The van der Waals surface area contributed by atoms with Gasteiger partial charge in [0.15, 0.2) is 0 Å². The van der Waals surface area contributed by atoms with Gasteiger partial charge in [0, 0.05) is 28.4 Å². The minimum atomic E-state index is 0.192. The third-order valence-corrected chi connectivity index (χ3v) is 9.37. The molecule has 1 aromatic heterocycles. The zero-order valence-corrected chi connectivity index (χ0v) is 24.2. The van der Waals surface area contributed by atoms with Crippen LogP contribution in [0.3, 0.4) is 0 Å². The van der Waals surface area contributed by atoms with Gasteiger partial charge in [0.05, 0.1) is 17.3 Å². The van der Waals surface area contributed by atoms with E-state index in [4.69, 9.17) is 0 Å². The van der Waals surface area contributed by atoms with E-state index in [0.717, 1.165) is 0 Å². The van der Waals surface area contributed by atoms with Crippen molar-refractivity contribution in [3.8, 4) is 27.9 Å². The van der Waals surface area contributed by atoms with E-state index in [1.165, 1.54) is 67.0 Å². The maximum absolute atomic E-state index is 2.54. The van der Waals surface area contributed by atoms with Gasteiger partial charge in [-0.05, 0) is 75.9 Å². The van der Waals surface area contributed by atoms with Crippen molar-refractivity contribution in [2.45, 2.75) is 12.0 Å². The molecule has 2 atom stereocenters. The van der Waals surface area contributed by atoms with E-state index < -0.39 is 0 Å². The van der Waals surface area contributed by atoms with E-state index in [1.807, 2.05) is 0 Å². The molecule has 0 saturated carbocycles. The normalized spacial score (nSPS) is 16.5. The lowest BCUT2D eigenvalue weighted by atomic mass is 9.82. The van der Waals surface area contributed by atoms with Gasteiger partial charge in [-0.3, -0.25) is 0 Å². The number of hydrogen-bond donors (Lipinski definition) is 0. The molecule has 7 aromatic rings. The van der Waals surface area contributed by atoms with Crippen LogP contribution in [0.2, 0.25) is 0 Å². The van der Waals surface area contributed by atoms with Crippen molar-refractivity contribution in [2.24, 2.45) is 0 Å². The standard InChI is InChI=1S/C42H30N2/c1-3-13-29(14-4-1)33-17-7-8-18-34(33)30-23-25-32(26-24-30)44-38-22-12-10-20-36(38)42-40(44)28-27-39-41(42)35-19-9-11-21-37(35)43(39)31-15-5-2-6-16-31/h1-28,40,42H. The Morgan fingerprint density at radius 1 is 0.477 bits per heavy atom. The van der Waals surface area contributed by atoms with Crippen molar-refractivity contribution in [3.05, 3.63) is 181 Å². The Morgan fingerprint density at radius 2 is 1.09 bits per heavy atom. The summed E-state index contributed by atoms with van der Waals surface area (Å²) in [5, 5.41) is 1.33. The Kier molecular flexibility index (Phi) is 5.67. The summed E-state index contributed by atoms with van der Waals surface area (Å²) in [4.78, 5) is 2.54. The molecule has 2 unspecified atom stereocenters. The Bertz CT molecular complexity index is 2170. The second-order valence-corrected chi connectivity index (χ2v) is 11.7. The first-order valence-electron chi connectivity index (χ1n) is 15.4. The molecule has 2 aliphatic rings. The van der Waals surface area contributed by atoms with E-state index in [9.17, 15) is 0 Å². The lowest BCUT2D eigenvalue weighted by molar-refractivity contribution is 0.725. The first kappa shape index (κ1) is 24.9. The number of hydrogen-bond acceptors (Lipinski definition) is 1. The molecule has 2 heteroatoms. The summed E-state index contributed by atoms with van der Waals surface area (Å²) < 4.78 is 2.43. The van der Waals surface area contributed by atoms with E-state index in [1.54, 1.807) is 0 Å². The second-order valence-electron chi connectivity index (χ2n) is 11.7. The van der Waals surface area contributed by atoms with Crippen molar-refractivity contribution in [1.82, 2.24) is 4.57 Å². The maximum Gasteiger partial charge on any atom is 0.0637 e. The summed E-state index contributed by atoms with van der Waals surface area (Å²) in [5.41, 5.74) is 14.0. The Labute approximate surface area is 257 Å². The fraction of sp³-hybridized carbons (Fsp3) is 0.0476. The molecule has 2 heterocycles. The summed E-state index contributed by atoms with van der Waals surface area (Å²) >= 11 is 0. The third-order valence-electron chi connectivity index (χ3n) is 9.37. The fourth-order valence-corrected chi connectivity index (χ4v) is 7.52. The lowest BCUT2D eigenvalue weighted by Gasteiger charge is -2.31. The molecule has 1 aliphatic carbocycles. The maximum atomic E-state index is 2.54. The van der Waals surface area contributed by atoms with Gasteiger partial charge >= 0.3 is 0 Å². The van der Waals surface area contributed by atoms with E-state index >= 15 is 0 Å². The number of fused-ring (bicyclic) bond motifs is 7. The highest BCUT2D eigenvalue weighted by molar-refractivity contribution is 5.94. The first-order chi connectivity index (χ1) is 21.9. The highest BCUT2D eigenvalue weighted by Crippen LogP contribution is 2.54. The van der Waals surface area contributed by atoms with Gasteiger partial charge in [-0.1, -0.05) is 127 Å². The van der Waals surface area contributed by atoms with Crippen LogP contribution in [0.4, 0.5) is 11.4 Å². The monoisotopic (exact) mass is 562 g/mol. The van der Waals surface area contributed by atoms with Crippen molar-refractivity contribution < 1.29 is 0 Å². The SMILES string of the molecule is C1=CC2C(c3ccccc3N2c2ccc(-c3ccccc3-c3ccccc3)cc2)c2c1n(-c1ccccc1)c1ccccc21. The van der Waals surface area contributed by atoms with Gasteiger partial charge in [0.25, 0.3) is 0 Å². The highest BCUT2D eigenvalue weighted by Gasteiger charge is 2.43. The molecule has 1 aliphatic heterocycles. The van der Waals surface area contributed by atoms with Crippen LogP contribution >= 0.6 is 0 Å². The van der Waals surface area contributed by atoms with E-state index in [0.29, 0.717) is 0 Å². The number of anilines is 2. The molecule has 9 rings (SSSR count). The van der Waals surface area contributed by atoms with Gasteiger partial charge in [-0.2, -0.15) is 0 Å². The molecule has 0 fully saturated rings. The fourth-order valence-electron chi connectivity index (χ4n) is 7.52. The summed E-state index contributed by atoms with van der Waals surface area (Å²) in [7, 11) is 0. The predicted octanol–water partition coefficient (Wildman–Crippen LogP) is 10.6. The van der Waals surface area contributed by atoms with Crippen LogP contribution in [0.5, 0.6) is 0 Å². The van der Waals surface area contributed by atoms with Gasteiger partial charge in [-0.15, -0.1) is 0 Å². The minimum Gasteiger partial charge on any atom is -0.333 e. The largest absolute Gasteiger partial charge is 0.333 e. The smallest absolute Gasteiger partial charge is 0.0637 e. The summed E-state index contributed by atoms with van der Waals surface area (Å²) in [6.07, 6.45) is 4.77. The molecule has 0 spiro atoms. The molecule has 2 nitrogen and oxygen atoms in total. The van der Waals surface area contributed by atoms with Crippen LogP contribution < -0.4 is 4.90 Å². The number of para-hydroxylation sites is 3. The van der Waals surface area contributed by atoms with Crippen LogP contribution in [-0.4, -0.2) is 10.6 Å². The molecule has 0 radical (unpaired) electrons. The summed E-state index contributed by atoms with van der Waals surface area (Å²) in [6, 6.07) is 57.3. The topological polar surface area (TPSA) is 8.17 Å². The average Bonchev–Trinajstić information content (AvgIpc) is 3.62. The zero-order valence-electron chi connectivity index (χ0n) is 24.2. The van der Waals surface area contributed by atoms with Crippen molar-refractivity contribution in [3.63, 3.8) is 0 Å². The number of benzene rings is 6. The average molecular weight is 563 g/mol. The van der Waals surface area contributed by atoms with Gasteiger partial charge in [-0.25, -0.2) is 0 Å². The van der Waals surface area contributed by atoms with Gasteiger partial charge in [0.2, 0.25) is 0 Å². The number of nitrogens with zero attached hydrogens (tertiary/aromatic N) is 2. The predicted molar refractivity (Wildman–Crippen MR) is 184 cm³/mol. The Morgan fingerprint density at radius 3 is 1.86 bits per heavy atom. The van der Waals surface area contributed by atoms with Crippen LogP contribution in [0.25, 0.3) is 44.9 Å².